The molecule has 0 aliphatic carbocycles. The van der Waals surface area contributed by atoms with Gasteiger partial charge in [0.15, 0.2) is 5.96 Å². The van der Waals surface area contributed by atoms with E-state index in [9.17, 15) is 0 Å². The fourth-order valence-corrected chi connectivity index (χ4v) is 1.84. The van der Waals surface area contributed by atoms with Crippen molar-refractivity contribution in [3.05, 3.63) is 42.0 Å². The molecular formula is C18H29N3O2. The molecule has 0 aromatic heterocycles. The first-order chi connectivity index (χ1) is 11.2. The minimum absolute atomic E-state index is 0.612. The summed E-state index contributed by atoms with van der Waals surface area (Å²) in [4.78, 5) is 4.61. The Hall–Kier alpha value is -2.01. The van der Waals surface area contributed by atoms with Crippen LogP contribution >= 0.6 is 0 Å². The molecule has 5 heteroatoms. The lowest BCUT2D eigenvalue weighted by Crippen LogP contribution is -2.38. The van der Waals surface area contributed by atoms with Gasteiger partial charge in [0.25, 0.3) is 0 Å². The fourth-order valence-electron chi connectivity index (χ4n) is 1.84. The van der Waals surface area contributed by atoms with Gasteiger partial charge in [-0.15, -0.1) is 0 Å². The summed E-state index contributed by atoms with van der Waals surface area (Å²) < 4.78 is 10.5. The third kappa shape index (κ3) is 8.88. The number of methoxy groups -OCH3 is 1. The summed E-state index contributed by atoms with van der Waals surface area (Å²) in [5.41, 5.74) is 2.20. The van der Waals surface area contributed by atoms with Crippen LogP contribution < -0.4 is 15.4 Å². The Morgan fingerprint density at radius 3 is 2.57 bits per heavy atom. The summed E-state index contributed by atoms with van der Waals surface area (Å²) in [7, 11) is 1.67. The van der Waals surface area contributed by atoms with Gasteiger partial charge in [0, 0.05) is 26.3 Å². The van der Waals surface area contributed by atoms with Gasteiger partial charge in [-0.25, -0.2) is 4.99 Å². The molecule has 0 unspecified atom stereocenters. The maximum atomic E-state index is 5.34. The molecule has 1 aromatic rings. The first kappa shape index (κ1) is 19.0. The Labute approximate surface area is 139 Å². The van der Waals surface area contributed by atoms with Crippen LogP contribution in [0.1, 0.15) is 25.8 Å². The minimum Gasteiger partial charge on any atom is -0.497 e. The lowest BCUT2D eigenvalue weighted by Gasteiger charge is -2.13. The number of hydrogen-bond donors (Lipinski definition) is 2. The van der Waals surface area contributed by atoms with Gasteiger partial charge in [-0.2, -0.15) is 0 Å². The Morgan fingerprint density at radius 2 is 1.96 bits per heavy atom. The first-order valence-corrected chi connectivity index (χ1v) is 8.03. The van der Waals surface area contributed by atoms with Crippen LogP contribution in [-0.2, 0) is 11.3 Å². The van der Waals surface area contributed by atoms with Crippen LogP contribution in [0.25, 0.3) is 0 Å². The van der Waals surface area contributed by atoms with Crippen molar-refractivity contribution in [1.82, 2.24) is 10.6 Å². The van der Waals surface area contributed by atoms with Gasteiger partial charge in [0.2, 0.25) is 0 Å². The van der Waals surface area contributed by atoms with E-state index < -0.39 is 0 Å². The smallest absolute Gasteiger partial charge is 0.191 e. The second-order valence-corrected chi connectivity index (χ2v) is 5.30. The summed E-state index contributed by atoms with van der Waals surface area (Å²) in [6.07, 6.45) is 0.949. The zero-order chi connectivity index (χ0) is 16.9. The molecule has 0 atom stereocenters. The van der Waals surface area contributed by atoms with Crippen molar-refractivity contribution in [2.45, 2.75) is 26.8 Å². The SMILES string of the molecule is C=C(C)CNC(=NCc1ccc(OC)cc1)NCCCOCC. The molecule has 1 rings (SSSR count). The van der Waals surface area contributed by atoms with Gasteiger partial charge in [-0.05, 0) is 38.0 Å². The molecule has 0 spiro atoms. The van der Waals surface area contributed by atoms with E-state index >= 15 is 0 Å². The highest BCUT2D eigenvalue weighted by molar-refractivity contribution is 5.80. The molecule has 0 fully saturated rings. The predicted octanol–water partition coefficient (Wildman–Crippen LogP) is 2.73. The van der Waals surface area contributed by atoms with Crippen LogP contribution in [0.5, 0.6) is 5.75 Å². The van der Waals surface area contributed by atoms with E-state index in [1.807, 2.05) is 38.1 Å². The molecule has 2 N–H and O–H groups in total. The van der Waals surface area contributed by atoms with Gasteiger partial charge in [0.1, 0.15) is 5.75 Å². The maximum Gasteiger partial charge on any atom is 0.191 e. The zero-order valence-electron chi connectivity index (χ0n) is 14.5. The molecule has 128 valence electrons. The molecule has 0 heterocycles. The standard InChI is InChI=1S/C18H29N3O2/c1-5-23-12-6-11-19-18(20-13-15(2)3)21-14-16-7-9-17(22-4)10-8-16/h7-10H,2,5-6,11-14H2,1,3-4H3,(H2,19,20,21). The molecule has 0 saturated carbocycles. The molecule has 0 amide bonds. The van der Waals surface area contributed by atoms with Crippen molar-refractivity contribution >= 4 is 5.96 Å². The summed E-state index contributed by atoms with van der Waals surface area (Å²) >= 11 is 0. The first-order valence-electron chi connectivity index (χ1n) is 8.03. The lowest BCUT2D eigenvalue weighted by molar-refractivity contribution is 0.145. The van der Waals surface area contributed by atoms with Crippen molar-refractivity contribution in [2.24, 2.45) is 4.99 Å². The Morgan fingerprint density at radius 1 is 1.22 bits per heavy atom. The number of nitrogens with zero attached hydrogens (tertiary/aromatic N) is 1. The highest BCUT2D eigenvalue weighted by atomic mass is 16.5. The molecule has 0 radical (unpaired) electrons. The quantitative estimate of drug-likeness (QED) is 0.301. The van der Waals surface area contributed by atoms with Gasteiger partial charge < -0.3 is 20.1 Å². The van der Waals surface area contributed by atoms with Crippen molar-refractivity contribution in [1.29, 1.82) is 0 Å². The monoisotopic (exact) mass is 319 g/mol. The summed E-state index contributed by atoms with van der Waals surface area (Å²) in [6, 6.07) is 7.93. The topological polar surface area (TPSA) is 54.9 Å². The second kappa shape index (κ2) is 11.5. The number of aliphatic imine (C=N–C) groups is 1. The number of ether oxygens (including phenoxy) is 2. The van der Waals surface area contributed by atoms with Crippen molar-refractivity contribution in [3.8, 4) is 5.75 Å². The van der Waals surface area contributed by atoms with E-state index in [-0.39, 0.29) is 0 Å². The minimum atomic E-state index is 0.612. The highest BCUT2D eigenvalue weighted by Gasteiger charge is 1.99. The van der Waals surface area contributed by atoms with Crippen molar-refractivity contribution in [3.63, 3.8) is 0 Å². The van der Waals surface area contributed by atoms with E-state index in [1.54, 1.807) is 7.11 Å². The largest absolute Gasteiger partial charge is 0.497 e. The number of hydrogen-bond acceptors (Lipinski definition) is 3. The molecule has 0 aliphatic rings. The maximum absolute atomic E-state index is 5.34. The number of nitrogens with one attached hydrogen (secondary N) is 2. The molecule has 0 aliphatic heterocycles. The highest BCUT2D eigenvalue weighted by Crippen LogP contribution is 2.11. The third-order valence-corrected chi connectivity index (χ3v) is 3.10. The van der Waals surface area contributed by atoms with E-state index in [0.717, 1.165) is 49.0 Å². The Kier molecular flexibility index (Phi) is 9.55. The number of benzene rings is 1. The van der Waals surface area contributed by atoms with Gasteiger partial charge in [0.05, 0.1) is 13.7 Å². The zero-order valence-corrected chi connectivity index (χ0v) is 14.5. The second-order valence-electron chi connectivity index (χ2n) is 5.30. The summed E-state index contributed by atoms with van der Waals surface area (Å²) in [6.45, 7) is 11.6. The lowest BCUT2D eigenvalue weighted by atomic mass is 10.2. The van der Waals surface area contributed by atoms with Crippen LogP contribution in [0.15, 0.2) is 41.4 Å². The third-order valence-electron chi connectivity index (χ3n) is 3.10. The van der Waals surface area contributed by atoms with Crippen LogP contribution in [-0.4, -0.2) is 39.4 Å². The van der Waals surface area contributed by atoms with E-state index in [1.165, 1.54) is 0 Å². The van der Waals surface area contributed by atoms with Gasteiger partial charge in [-0.3, -0.25) is 0 Å². The van der Waals surface area contributed by atoms with Crippen molar-refractivity contribution in [2.75, 3.05) is 33.4 Å². The van der Waals surface area contributed by atoms with Crippen LogP contribution in [0.3, 0.4) is 0 Å². The Bertz CT molecular complexity index is 484. The predicted molar refractivity (Wildman–Crippen MR) is 96.1 cm³/mol. The van der Waals surface area contributed by atoms with Crippen LogP contribution in [0, 0.1) is 0 Å². The average Bonchev–Trinajstić information content (AvgIpc) is 2.56. The van der Waals surface area contributed by atoms with Crippen LogP contribution in [0.4, 0.5) is 0 Å². The number of guanidine groups is 1. The molecule has 5 nitrogen and oxygen atoms in total. The van der Waals surface area contributed by atoms with E-state index in [0.29, 0.717) is 13.1 Å². The molecule has 23 heavy (non-hydrogen) atoms. The Balaban J connectivity index is 2.52. The number of rotatable bonds is 10. The summed E-state index contributed by atoms with van der Waals surface area (Å²) in [5.74, 6) is 1.65. The van der Waals surface area contributed by atoms with E-state index in [4.69, 9.17) is 9.47 Å². The molecule has 0 saturated heterocycles. The van der Waals surface area contributed by atoms with E-state index in [2.05, 4.69) is 22.2 Å². The molecular weight excluding hydrogens is 290 g/mol. The fraction of sp³-hybridized carbons (Fsp3) is 0.500. The summed E-state index contributed by atoms with van der Waals surface area (Å²) in [5, 5.41) is 6.60. The van der Waals surface area contributed by atoms with Gasteiger partial charge >= 0.3 is 0 Å². The van der Waals surface area contributed by atoms with Crippen LogP contribution in [0.2, 0.25) is 0 Å². The molecule has 0 bridgehead atoms. The average molecular weight is 319 g/mol. The van der Waals surface area contributed by atoms with Gasteiger partial charge in [-0.1, -0.05) is 24.3 Å². The normalized spacial score (nSPS) is 11.2. The molecule has 1 aromatic carbocycles. The van der Waals surface area contributed by atoms with Crippen molar-refractivity contribution < 1.29 is 9.47 Å².